The number of imidazole rings is 1. The number of fused-ring (bicyclic) bond motifs is 1. The van der Waals surface area contributed by atoms with Gasteiger partial charge in [-0.1, -0.05) is 24.3 Å². The highest BCUT2D eigenvalue weighted by Crippen LogP contribution is 2.26. The molecule has 5 rings (SSSR count). The lowest BCUT2D eigenvalue weighted by Crippen LogP contribution is -2.28. The number of anilines is 1. The molecule has 1 fully saturated rings. The number of para-hydroxylation sites is 1. The minimum atomic E-state index is -0.366. The van der Waals surface area contributed by atoms with Crippen molar-refractivity contribution >= 4 is 22.6 Å². The molecule has 3 heterocycles. The number of amides is 1. The average molecular weight is 415 g/mol. The lowest BCUT2D eigenvalue weighted by atomic mass is 10.1. The van der Waals surface area contributed by atoms with Gasteiger partial charge in [0.15, 0.2) is 0 Å². The number of benzene rings is 2. The summed E-state index contributed by atoms with van der Waals surface area (Å²) < 4.78 is 16.1. The maximum Gasteiger partial charge on any atom is 0.255 e. The number of nitrogens with zero attached hydrogens (tertiary/aromatic N) is 4. The first-order chi connectivity index (χ1) is 15.2. The number of halogens is 1. The lowest BCUT2D eigenvalue weighted by molar-refractivity contribution is 0.0951. The Kier molecular flexibility index (Phi) is 5.08. The number of carbonyl (C=O) groups is 1. The molecule has 0 unspecified atom stereocenters. The fraction of sp³-hybridized carbons (Fsp3) is 0.208. The molecule has 31 heavy (non-hydrogen) atoms. The molecule has 156 valence electrons. The van der Waals surface area contributed by atoms with E-state index in [0.717, 1.165) is 42.7 Å². The Hall–Kier alpha value is -3.74. The van der Waals surface area contributed by atoms with Gasteiger partial charge in [0.05, 0.1) is 23.1 Å². The number of aromatic nitrogens is 3. The van der Waals surface area contributed by atoms with E-state index in [-0.39, 0.29) is 18.3 Å². The predicted molar refractivity (Wildman–Crippen MR) is 118 cm³/mol. The standard InChI is InChI=1S/C24H22FN5O/c25-20-13-17(7-8-22(20)30-12-9-26-16-30)15-27-24(31)19-14-18-5-1-2-6-21(18)28-23(19)29-10-3-4-11-29/h1-2,5-9,12-14,16H,3-4,10-11,15H2,(H,27,31). The molecule has 1 aliphatic heterocycles. The van der Waals surface area contributed by atoms with E-state index >= 15 is 0 Å². The van der Waals surface area contributed by atoms with Crippen LogP contribution in [0.1, 0.15) is 28.8 Å². The van der Waals surface area contributed by atoms with Crippen LogP contribution in [0.4, 0.5) is 10.2 Å². The largest absolute Gasteiger partial charge is 0.356 e. The van der Waals surface area contributed by atoms with Crippen molar-refractivity contribution in [2.45, 2.75) is 19.4 Å². The van der Waals surface area contributed by atoms with Crippen molar-refractivity contribution in [3.63, 3.8) is 0 Å². The number of hydrogen-bond donors (Lipinski definition) is 1. The Morgan fingerprint density at radius 1 is 1.10 bits per heavy atom. The molecule has 7 heteroatoms. The second kappa shape index (κ2) is 8.18. The maximum atomic E-state index is 14.5. The maximum absolute atomic E-state index is 14.5. The molecule has 0 atom stereocenters. The third-order valence-electron chi connectivity index (χ3n) is 5.60. The smallest absolute Gasteiger partial charge is 0.255 e. The minimum absolute atomic E-state index is 0.209. The van der Waals surface area contributed by atoms with E-state index in [1.165, 1.54) is 6.07 Å². The van der Waals surface area contributed by atoms with Crippen molar-refractivity contribution in [2.75, 3.05) is 18.0 Å². The van der Waals surface area contributed by atoms with Crippen LogP contribution in [0.25, 0.3) is 16.6 Å². The first-order valence-corrected chi connectivity index (χ1v) is 10.4. The predicted octanol–water partition coefficient (Wildman–Crippen LogP) is 4.09. The van der Waals surface area contributed by atoms with Gasteiger partial charge in [0.25, 0.3) is 5.91 Å². The summed E-state index contributed by atoms with van der Waals surface area (Å²) in [5.41, 5.74) is 2.53. The molecule has 1 aliphatic rings. The Bertz CT molecular complexity index is 1230. The first kappa shape index (κ1) is 19.2. The molecule has 2 aromatic heterocycles. The highest BCUT2D eigenvalue weighted by molar-refractivity contribution is 6.02. The van der Waals surface area contributed by atoms with Crippen molar-refractivity contribution in [1.29, 1.82) is 0 Å². The zero-order valence-corrected chi connectivity index (χ0v) is 17.0. The van der Waals surface area contributed by atoms with Crippen LogP contribution in [0.2, 0.25) is 0 Å². The average Bonchev–Trinajstić information content (AvgIpc) is 3.51. The number of carbonyl (C=O) groups excluding carboxylic acids is 1. The second-order valence-electron chi connectivity index (χ2n) is 7.68. The van der Waals surface area contributed by atoms with E-state index in [2.05, 4.69) is 15.2 Å². The number of nitrogens with one attached hydrogen (secondary N) is 1. The van der Waals surface area contributed by atoms with Crippen molar-refractivity contribution in [2.24, 2.45) is 0 Å². The Labute approximate surface area is 179 Å². The molecule has 0 bridgehead atoms. The molecular weight excluding hydrogens is 393 g/mol. The van der Waals surface area contributed by atoms with E-state index in [1.54, 1.807) is 35.4 Å². The number of hydrogen-bond acceptors (Lipinski definition) is 4. The summed E-state index contributed by atoms with van der Waals surface area (Å²) in [6.45, 7) is 2.02. The molecule has 0 radical (unpaired) electrons. The summed E-state index contributed by atoms with van der Waals surface area (Å²) in [4.78, 5) is 24.0. The Balaban J connectivity index is 1.39. The van der Waals surface area contributed by atoms with Gasteiger partial charge in [0.2, 0.25) is 0 Å². The summed E-state index contributed by atoms with van der Waals surface area (Å²) in [5.74, 6) is 0.143. The molecular formula is C24H22FN5O. The van der Waals surface area contributed by atoms with E-state index in [4.69, 9.17) is 4.98 Å². The quantitative estimate of drug-likeness (QED) is 0.533. The monoisotopic (exact) mass is 415 g/mol. The van der Waals surface area contributed by atoms with Gasteiger partial charge in [0.1, 0.15) is 11.6 Å². The fourth-order valence-electron chi connectivity index (χ4n) is 3.99. The molecule has 1 N–H and O–H groups in total. The highest BCUT2D eigenvalue weighted by atomic mass is 19.1. The summed E-state index contributed by atoms with van der Waals surface area (Å²) in [7, 11) is 0. The first-order valence-electron chi connectivity index (χ1n) is 10.4. The van der Waals surface area contributed by atoms with Gasteiger partial charge in [0, 0.05) is 37.4 Å². The molecule has 0 aliphatic carbocycles. The van der Waals surface area contributed by atoms with Crippen LogP contribution in [-0.2, 0) is 6.54 Å². The van der Waals surface area contributed by atoms with Gasteiger partial charge in [-0.2, -0.15) is 0 Å². The van der Waals surface area contributed by atoms with Gasteiger partial charge in [-0.15, -0.1) is 0 Å². The van der Waals surface area contributed by atoms with E-state index in [9.17, 15) is 9.18 Å². The topological polar surface area (TPSA) is 63.1 Å². The molecule has 1 saturated heterocycles. The second-order valence-corrected chi connectivity index (χ2v) is 7.68. The third-order valence-corrected chi connectivity index (χ3v) is 5.60. The van der Waals surface area contributed by atoms with E-state index in [1.807, 2.05) is 30.3 Å². The zero-order valence-electron chi connectivity index (χ0n) is 17.0. The fourth-order valence-corrected chi connectivity index (χ4v) is 3.99. The van der Waals surface area contributed by atoms with Crippen LogP contribution in [0.15, 0.2) is 67.3 Å². The van der Waals surface area contributed by atoms with Crippen molar-refractivity contribution < 1.29 is 9.18 Å². The van der Waals surface area contributed by atoms with E-state index in [0.29, 0.717) is 16.8 Å². The molecule has 4 aromatic rings. The van der Waals surface area contributed by atoms with Crippen molar-refractivity contribution in [1.82, 2.24) is 19.9 Å². The Morgan fingerprint density at radius 3 is 2.71 bits per heavy atom. The van der Waals surface area contributed by atoms with E-state index < -0.39 is 0 Å². The summed E-state index contributed by atoms with van der Waals surface area (Å²) in [6, 6.07) is 14.6. The van der Waals surface area contributed by atoms with Crippen LogP contribution in [0.3, 0.4) is 0 Å². The van der Waals surface area contributed by atoms with Gasteiger partial charge >= 0.3 is 0 Å². The van der Waals surface area contributed by atoms with Crippen LogP contribution >= 0.6 is 0 Å². The van der Waals surface area contributed by atoms with Crippen LogP contribution in [0.5, 0.6) is 0 Å². The van der Waals surface area contributed by atoms with Gasteiger partial charge < -0.3 is 14.8 Å². The minimum Gasteiger partial charge on any atom is -0.356 e. The van der Waals surface area contributed by atoms with Crippen LogP contribution < -0.4 is 10.2 Å². The van der Waals surface area contributed by atoms with Gasteiger partial charge in [-0.05, 0) is 42.7 Å². The summed E-state index contributed by atoms with van der Waals surface area (Å²) in [5, 5.41) is 3.86. The third kappa shape index (κ3) is 3.86. The number of pyridine rings is 1. The van der Waals surface area contributed by atoms with Gasteiger partial charge in [-0.3, -0.25) is 4.79 Å². The van der Waals surface area contributed by atoms with Crippen LogP contribution in [-0.4, -0.2) is 33.5 Å². The molecule has 1 amide bonds. The molecule has 0 saturated carbocycles. The summed E-state index contributed by atoms with van der Waals surface area (Å²) >= 11 is 0. The molecule has 6 nitrogen and oxygen atoms in total. The Morgan fingerprint density at radius 2 is 1.94 bits per heavy atom. The number of rotatable bonds is 5. The normalized spacial score (nSPS) is 13.6. The highest BCUT2D eigenvalue weighted by Gasteiger charge is 2.22. The SMILES string of the molecule is O=C(NCc1ccc(-n2ccnc2)c(F)c1)c1cc2ccccc2nc1N1CCCC1. The lowest BCUT2D eigenvalue weighted by Gasteiger charge is -2.20. The van der Waals surface area contributed by atoms with Crippen LogP contribution in [0, 0.1) is 5.82 Å². The molecule has 2 aromatic carbocycles. The van der Waals surface area contributed by atoms with Gasteiger partial charge in [-0.25, -0.2) is 14.4 Å². The van der Waals surface area contributed by atoms with Crippen molar-refractivity contribution in [3.05, 3.63) is 84.2 Å². The van der Waals surface area contributed by atoms with Crippen molar-refractivity contribution in [3.8, 4) is 5.69 Å². The summed E-state index contributed by atoms with van der Waals surface area (Å²) in [6.07, 6.45) is 7.03. The molecule has 0 spiro atoms. The zero-order chi connectivity index (χ0) is 21.2.